The number of amides is 2. The largest absolute Gasteiger partial charge is 0.355 e. The highest BCUT2D eigenvalue weighted by atomic mass is 19.1. The summed E-state index contributed by atoms with van der Waals surface area (Å²) in [5, 5.41) is 17.3. The van der Waals surface area contributed by atoms with Crippen LogP contribution in [-0.2, 0) is 0 Å². The monoisotopic (exact) mass is 456 g/mol. The number of alkyl halides is 1. The zero-order valence-corrected chi connectivity index (χ0v) is 21.0. The Labute approximate surface area is 198 Å². The molecule has 182 valence electrons. The fraction of sp³-hybridized carbons (Fsp3) is 0.556. The van der Waals surface area contributed by atoms with E-state index < -0.39 is 6.17 Å². The third-order valence-corrected chi connectivity index (χ3v) is 6.30. The predicted molar refractivity (Wildman–Crippen MR) is 137 cm³/mol. The molecule has 1 aromatic carbocycles. The maximum Gasteiger partial charge on any atom is 0.315 e. The van der Waals surface area contributed by atoms with Gasteiger partial charge in [-0.3, -0.25) is 0 Å². The fourth-order valence-electron chi connectivity index (χ4n) is 4.06. The van der Waals surface area contributed by atoms with Gasteiger partial charge in [-0.1, -0.05) is 46.8 Å². The standard InChI is InChI=1S/C27H41FN4O/c1-7-19(4)31-26(33)30-17-27(5,6)24(14-18(2)3)20-8-13-25(21(15-20)16-29)32-23-11-9-22(28)10-12-23/h8-9,11-13,15-16,18-19,22,24,29,32H,7,10,14,17H2,1-6H3,(H2,30,31,33). The van der Waals surface area contributed by atoms with Gasteiger partial charge in [-0.25, -0.2) is 9.18 Å². The van der Waals surface area contributed by atoms with Gasteiger partial charge in [0.15, 0.2) is 0 Å². The summed E-state index contributed by atoms with van der Waals surface area (Å²) in [6.45, 7) is 13.4. The minimum absolute atomic E-state index is 0.134. The van der Waals surface area contributed by atoms with Crippen LogP contribution in [0.3, 0.4) is 0 Å². The molecule has 1 aliphatic rings. The average Bonchev–Trinajstić information content (AvgIpc) is 2.77. The number of allylic oxidation sites excluding steroid dienone is 3. The first-order chi connectivity index (χ1) is 15.6. The molecule has 0 saturated heterocycles. The summed E-state index contributed by atoms with van der Waals surface area (Å²) in [6, 6.07) is 6.17. The first-order valence-corrected chi connectivity index (χ1v) is 12.0. The Morgan fingerprint density at radius 3 is 2.61 bits per heavy atom. The van der Waals surface area contributed by atoms with E-state index in [2.05, 4.69) is 55.8 Å². The number of anilines is 1. The zero-order chi connectivity index (χ0) is 24.6. The van der Waals surface area contributed by atoms with Gasteiger partial charge in [0.25, 0.3) is 0 Å². The molecule has 0 bridgehead atoms. The summed E-state index contributed by atoms with van der Waals surface area (Å²) in [7, 11) is 0. The Morgan fingerprint density at radius 2 is 2.03 bits per heavy atom. The van der Waals surface area contributed by atoms with E-state index in [0.717, 1.165) is 35.4 Å². The molecule has 0 saturated carbocycles. The third-order valence-electron chi connectivity index (χ3n) is 6.30. The molecule has 5 nitrogen and oxygen atoms in total. The summed E-state index contributed by atoms with van der Waals surface area (Å²) in [5.74, 6) is 0.686. The fourth-order valence-corrected chi connectivity index (χ4v) is 4.06. The van der Waals surface area contributed by atoms with Crippen LogP contribution in [0, 0.1) is 16.7 Å². The second kappa shape index (κ2) is 12.0. The number of halogens is 1. The van der Waals surface area contributed by atoms with Crippen LogP contribution in [-0.4, -0.2) is 31.0 Å². The number of hydrogen-bond donors (Lipinski definition) is 4. The first-order valence-electron chi connectivity index (χ1n) is 12.0. The molecule has 0 aromatic heterocycles. The van der Waals surface area contributed by atoms with Crippen LogP contribution >= 0.6 is 0 Å². The molecular formula is C27H41FN4O. The molecule has 3 atom stereocenters. The molecule has 6 heteroatoms. The summed E-state index contributed by atoms with van der Waals surface area (Å²) in [5.41, 5.74) is 3.43. The first kappa shape index (κ1) is 26.6. The van der Waals surface area contributed by atoms with E-state index in [4.69, 9.17) is 5.41 Å². The van der Waals surface area contributed by atoms with Crippen LogP contribution < -0.4 is 16.0 Å². The highest BCUT2D eigenvalue weighted by Crippen LogP contribution is 2.41. The summed E-state index contributed by atoms with van der Waals surface area (Å²) < 4.78 is 13.4. The molecule has 2 amide bonds. The molecule has 1 aliphatic carbocycles. The highest BCUT2D eigenvalue weighted by Gasteiger charge is 2.32. The smallest absolute Gasteiger partial charge is 0.315 e. The normalized spacial score (nSPS) is 17.8. The van der Waals surface area contributed by atoms with Crippen LogP contribution in [0.4, 0.5) is 14.9 Å². The maximum atomic E-state index is 13.4. The lowest BCUT2D eigenvalue weighted by Crippen LogP contribution is -2.45. The minimum Gasteiger partial charge on any atom is -0.355 e. The van der Waals surface area contributed by atoms with Gasteiger partial charge in [-0.05, 0) is 66.9 Å². The zero-order valence-electron chi connectivity index (χ0n) is 21.0. The number of carbonyl (C=O) groups is 1. The maximum absolute atomic E-state index is 13.4. The van der Waals surface area contributed by atoms with Gasteiger partial charge in [-0.15, -0.1) is 0 Å². The van der Waals surface area contributed by atoms with Crippen molar-refractivity contribution in [3.63, 3.8) is 0 Å². The molecule has 4 N–H and O–H groups in total. The molecule has 33 heavy (non-hydrogen) atoms. The van der Waals surface area contributed by atoms with Crippen LogP contribution in [0.25, 0.3) is 0 Å². The van der Waals surface area contributed by atoms with E-state index in [0.29, 0.717) is 18.9 Å². The van der Waals surface area contributed by atoms with Crippen molar-refractivity contribution in [2.75, 3.05) is 11.9 Å². The van der Waals surface area contributed by atoms with Crippen molar-refractivity contribution in [3.8, 4) is 0 Å². The molecular weight excluding hydrogens is 415 g/mol. The van der Waals surface area contributed by atoms with Crippen LogP contribution in [0.5, 0.6) is 0 Å². The second-order valence-electron chi connectivity index (χ2n) is 10.2. The molecule has 1 aromatic rings. The number of carbonyl (C=O) groups excluding carboxylic acids is 1. The summed E-state index contributed by atoms with van der Waals surface area (Å²) >= 11 is 0. The third kappa shape index (κ3) is 8.02. The van der Waals surface area contributed by atoms with E-state index in [9.17, 15) is 9.18 Å². The van der Waals surface area contributed by atoms with Crippen molar-refractivity contribution >= 4 is 17.9 Å². The molecule has 0 radical (unpaired) electrons. The van der Waals surface area contributed by atoms with Crippen LogP contribution in [0.2, 0.25) is 0 Å². The van der Waals surface area contributed by atoms with E-state index in [-0.39, 0.29) is 23.4 Å². The Balaban J connectivity index is 2.23. The van der Waals surface area contributed by atoms with Crippen molar-refractivity contribution in [1.29, 1.82) is 5.41 Å². The van der Waals surface area contributed by atoms with Crippen molar-refractivity contribution in [2.45, 2.75) is 78.9 Å². The van der Waals surface area contributed by atoms with Crippen LogP contribution in [0.15, 0.2) is 42.1 Å². The van der Waals surface area contributed by atoms with Crippen molar-refractivity contribution in [1.82, 2.24) is 10.6 Å². The van der Waals surface area contributed by atoms with E-state index in [1.54, 1.807) is 12.2 Å². The Morgan fingerprint density at radius 1 is 1.30 bits per heavy atom. The Hall–Kier alpha value is -2.63. The second-order valence-corrected chi connectivity index (χ2v) is 10.2. The summed E-state index contributed by atoms with van der Waals surface area (Å²) in [6.07, 6.45) is 7.78. The molecule has 0 fully saturated rings. The quantitative estimate of drug-likeness (QED) is 0.286. The van der Waals surface area contributed by atoms with Gasteiger partial charge >= 0.3 is 6.03 Å². The Bertz CT molecular complexity index is 875. The van der Waals surface area contributed by atoms with Gasteiger partial charge in [0.05, 0.1) is 0 Å². The lowest BCUT2D eigenvalue weighted by Gasteiger charge is -2.36. The number of nitrogens with one attached hydrogen (secondary N) is 4. The van der Waals surface area contributed by atoms with E-state index in [1.165, 1.54) is 6.21 Å². The Kier molecular flexibility index (Phi) is 9.69. The minimum atomic E-state index is -0.931. The average molecular weight is 457 g/mol. The molecule has 0 heterocycles. The summed E-state index contributed by atoms with van der Waals surface area (Å²) in [4.78, 5) is 12.3. The van der Waals surface area contributed by atoms with Crippen molar-refractivity contribution in [2.24, 2.45) is 11.3 Å². The molecule has 0 spiro atoms. The highest BCUT2D eigenvalue weighted by molar-refractivity contribution is 5.87. The van der Waals surface area contributed by atoms with E-state index in [1.807, 2.05) is 26.0 Å². The van der Waals surface area contributed by atoms with Gasteiger partial charge in [0.1, 0.15) is 6.17 Å². The topological polar surface area (TPSA) is 77.0 Å². The molecule has 2 rings (SSSR count). The SMILES string of the molecule is CCC(C)NC(=O)NCC(C)(C)C(CC(C)C)c1ccc(NC2=CCC(F)C=C2)c(C=N)c1. The number of benzene rings is 1. The van der Waals surface area contributed by atoms with Gasteiger partial charge in [0, 0.05) is 42.2 Å². The number of hydrogen-bond acceptors (Lipinski definition) is 3. The van der Waals surface area contributed by atoms with Gasteiger partial charge < -0.3 is 21.4 Å². The van der Waals surface area contributed by atoms with Crippen molar-refractivity contribution in [3.05, 3.63) is 53.3 Å². The number of urea groups is 1. The lowest BCUT2D eigenvalue weighted by molar-refractivity contribution is 0.215. The molecule has 3 unspecified atom stereocenters. The van der Waals surface area contributed by atoms with Gasteiger partial charge in [0.2, 0.25) is 0 Å². The van der Waals surface area contributed by atoms with E-state index >= 15 is 0 Å². The van der Waals surface area contributed by atoms with Gasteiger partial charge in [-0.2, -0.15) is 0 Å². The predicted octanol–water partition coefficient (Wildman–Crippen LogP) is 6.53. The van der Waals surface area contributed by atoms with Crippen molar-refractivity contribution < 1.29 is 9.18 Å². The van der Waals surface area contributed by atoms with Crippen LogP contribution in [0.1, 0.15) is 77.8 Å². The lowest BCUT2D eigenvalue weighted by atomic mass is 9.71. The number of rotatable bonds is 11. The molecule has 0 aliphatic heterocycles.